The van der Waals surface area contributed by atoms with E-state index in [1.54, 1.807) is 0 Å². The van der Waals surface area contributed by atoms with Gasteiger partial charge in [-0.25, -0.2) is 9.98 Å². The van der Waals surface area contributed by atoms with Gasteiger partial charge in [0, 0.05) is 12.1 Å². The number of aliphatic imine (C=N–C) groups is 1. The van der Waals surface area contributed by atoms with Gasteiger partial charge in [-0.3, -0.25) is 10.2 Å². The van der Waals surface area contributed by atoms with Gasteiger partial charge in [-0.05, 0) is 37.1 Å². The summed E-state index contributed by atoms with van der Waals surface area (Å²) in [6, 6.07) is 9.65. The fourth-order valence-electron chi connectivity index (χ4n) is 3.83. The highest BCUT2D eigenvalue weighted by molar-refractivity contribution is 5.98. The first-order chi connectivity index (χ1) is 14.1. The van der Waals surface area contributed by atoms with Gasteiger partial charge in [0.15, 0.2) is 6.19 Å². The molecule has 0 amide bonds. The Balaban J connectivity index is 1.72. The molecule has 6 N–H and O–H groups in total. The fourth-order valence-corrected chi connectivity index (χ4v) is 3.83. The fraction of sp³-hybridized carbons (Fsp3) is 0.300. The van der Waals surface area contributed by atoms with Crippen molar-refractivity contribution in [1.29, 1.82) is 10.5 Å². The molecule has 29 heavy (non-hydrogen) atoms. The second-order valence-corrected chi connectivity index (χ2v) is 7.13. The molecule has 0 spiro atoms. The Morgan fingerprint density at radius 2 is 1.90 bits per heavy atom. The summed E-state index contributed by atoms with van der Waals surface area (Å²) >= 11 is 0. The first kappa shape index (κ1) is 18.5. The smallest absolute Gasteiger partial charge is 0.211 e. The van der Waals surface area contributed by atoms with E-state index in [0.717, 1.165) is 25.2 Å². The van der Waals surface area contributed by atoms with Crippen LogP contribution in [-0.4, -0.2) is 28.9 Å². The molecule has 1 fully saturated rings. The van der Waals surface area contributed by atoms with Gasteiger partial charge in [-0.15, -0.1) is 0 Å². The van der Waals surface area contributed by atoms with E-state index in [2.05, 4.69) is 37.6 Å². The molecule has 9 nitrogen and oxygen atoms in total. The largest absolute Gasteiger partial charge is 0.397 e. The van der Waals surface area contributed by atoms with Crippen molar-refractivity contribution < 1.29 is 0 Å². The second kappa shape index (κ2) is 7.66. The number of fused-ring (bicyclic) bond motifs is 1. The van der Waals surface area contributed by atoms with Crippen LogP contribution in [0.2, 0.25) is 0 Å². The van der Waals surface area contributed by atoms with E-state index < -0.39 is 6.04 Å². The van der Waals surface area contributed by atoms with Crippen molar-refractivity contribution in [3.05, 3.63) is 46.5 Å². The van der Waals surface area contributed by atoms with Crippen LogP contribution < -0.4 is 22.1 Å². The second-order valence-electron chi connectivity index (χ2n) is 7.13. The molecule has 0 saturated carbocycles. The number of rotatable bonds is 3. The van der Waals surface area contributed by atoms with Crippen molar-refractivity contribution in [2.24, 2.45) is 4.99 Å². The number of benzene rings is 1. The van der Waals surface area contributed by atoms with Gasteiger partial charge in [-0.2, -0.15) is 10.5 Å². The lowest BCUT2D eigenvalue weighted by Gasteiger charge is -2.26. The molecule has 0 radical (unpaired) electrons. The van der Waals surface area contributed by atoms with Gasteiger partial charge in [0.05, 0.1) is 5.69 Å². The van der Waals surface area contributed by atoms with Crippen molar-refractivity contribution in [3.63, 3.8) is 0 Å². The Morgan fingerprint density at radius 1 is 1.17 bits per heavy atom. The highest BCUT2D eigenvalue weighted by Gasteiger charge is 2.29. The number of pyridine rings is 1. The maximum atomic E-state index is 9.40. The van der Waals surface area contributed by atoms with Crippen LogP contribution in [0.25, 0.3) is 0 Å². The first-order valence-corrected chi connectivity index (χ1v) is 9.40. The summed E-state index contributed by atoms with van der Waals surface area (Å²) in [6.07, 6.45) is 4.36. The minimum absolute atomic E-state index is 0.0363. The molecule has 146 valence electrons. The molecule has 1 aromatic heterocycles. The van der Waals surface area contributed by atoms with Gasteiger partial charge in [-0.1, -0.05) is 24.3 Å². The van der Waals surface area contributed by atoms with E-state index in [-0.39, 0.29) is 23.0 Å². The van der Waals surface area contributed by atoms with Gasteiger partial charge < -0.3 is 16.8 Å². The zero-order chi connectivity index (χ0) is 20.4. The number of likely N-dealkylation sites (tertiary alicyclic amines) is 1. The van der Waals surface area contributed by atoms with Gasteiger partial charge in [0.25, 0.3) is 0 Å². The molecular weight excluding hydrogens is 366 g/mol. The summed E-state index contributed by atoms with van der Waals surface area (Å²) in [7, 11) is 0. The van der Waals surface area contributed by atoms with Crippen molar-refractivity contribution >= 4 is 23.3 Å². The van der Waals surface area contributed by atoms with E-state index >= 15 is 0 Å². The van der Waals surface area contributed by atoms with Crippen LogP contribution in [-0.2, 0) is 6.54 Å². The highest BCUT2D eigenvalue weighted by atomic mass is 15.2. The topological polar surface area (TPSA) is 152 Å². The molecule has 1 unspecified atom stereocenters. The number of nitrogens with zero attached hydrogens (tertiary/aromatic N) is 5. The third kappa shape index (κ3) is 3.51. The Labute approximate surface area is 168 Å². The van der Waals surface area contributed by atoms with Crippen LogP contribution in [0.3, 0.4) is 0 Å². The number of hydrogen-bond donors (Lipinski definition) is 4. The van der Waals surface area contributed by atoms with Crippen molar-refractivity contribution in [2.45, 2.75) is 25.4 Å². The van der Waals surface area contributed by atoms with Crippen molar-refractivity contribution in [3.8, 4) is 12.3 Å². The van der Waals surface area contributed by atoms with Crippen LogP contribution in [0.4, 0.5) is 17.3 Å². The summed E-state index contributed by atoms with van der Waals surface area (Å²) < 4.78 is 0. The van der Waals surface area contributed by atoms with Crippen LogP contribution >= 0.6 is 0 Å². The van der Waals surface area contributed by atoms with Crippen LogP contribution in [0, 0.1) is 22.8 Å². The summed E-state index contributed by atoms with van der Waals surface area (Å²) in [5, 5.41) is 23.8. The average molecular weight is 387 g/mol. The third-order valence-corrected chi connectivity index (χ3v) is 5.26. The minimum Gasteiger partial charge on any atom is -0.397 e. The molecule has 4 rings (SSSR count). The van der Waals surface area contributed by atoms with E-state index in [9.17, 15) is 5.26 Å². The van der Waals surface area contributed by atoms with E-state index in [1.807, 2.05) is 24.4 Å². The zero-order valence-corrected chi connectivity index (χ0v) is 15.8. The Kier molecular flexibility index (Phi) is 4.90. The standard InChI is InChI=1S/C20H21N9/c21-9-14-16(23)15-17(26-20(25-11-22)28-19(15)27-18(14)24)13-5-3-12(4-6-13)10-29-7-1-2-8-29/h3-6,17H,1-2,7-8,10H2,(H6,23,24,25,26,27,28). The molecular formula is C20H21N9. The predicted octanol–water partition coefficient (Wildman–Crippen LogP) is 1.66. The lowest BCUT2D eigenvalue weighted by molar-refractivity contribution is 0.331. The summed E-state index contributed by atoms with van der Waals surface area (Å²) in [4.78, 5) is 11.3. The maximum Gasteiger partial charge on any atom is 0.211 e. The van der Waals surface area contributed by atoms with Crippen molar-refractivity contribution in [1.82, 2.24) is 15.2 Å². The zero-order valence-electron chi connectivity index (χ0n) is 15.8. The lowest BCUT2D eigenvalue weighted by atomic mass is 9.94. The number of hydrogen-bond acceptors (Lipinski definition) is 9. The SMILES string of the molecule is N#CNC1=NC(c2ccc(CN3CCCC3)cc2)c2c(nc(N)c(C#N)c2N)N1. The third-order valence-electron chi connectivity index (χ3n) is 5.26. The summed E-state index contributed by atoms with van der Waals surface area (Å²) in [6.45, 7) is 3.20. The van der Waals surface area contributed by atoms with Gasteiger partial charge >= 0.3 is 0 Å². The normalized spacial score (nSPS) is 18.1. The average Bonchev–Trinajstić information content (AvgIpc) is 3.21. The monoisotopic (exact) mass is 387 g/mol. The Bertz CT molecular complexity index is 1040. The molecule has 2 aliphatic rings. The molecule has 0 bridgehead atoms. The van der Waals surface area contributed by atoms with Gasteiger partial charge in [0.2, 0.25) is 5.96 Å². The Hall–Kier alpha value is -3.82. The molecule has 9 heteroatoms. The van der Waals surface area contributed by atoms with Crippen LogP contribution in [0.15, 0.2) is 29.3 Å². The summed E-state index contributed by atoms with van der Waals surface area (Å²) in [5.74, 6) is 0.675. The van der Waals surface area contributed by atoms with Crippen LogP contribution in [0.5, 0.6) is 0 Å². The Morgan fingerprint density at radius 3 is 2.55 bits per heavy atom. The molecule has 1 saturated heterocycles. The van der Waals surface area contributed by atoms with E-state index in [4.69, 9.17) is 16.7 Å². The molecule has 3 heterocycles. The summed E-state index contributed by atoms with van der Waals surface area (Å²) in [5.41, 5.74) is 15.2. The number of aromatic nitrogens is 1. The number of nitrogens with two attached hydrogens (primary N) is 2. The number of nitrogens with one attached hydrogen (secondary N) is 2. The van der Waals surface area contributed by atoms with Crippen LogP contribution in [0.1, 0.15) is 41.1 Å². The lowest BCUT2D eigenvalue weighted by Crippen LogP contribution is -2.32. The maximum absolute atomic E-state index is 9.40. The first-order valence-electron chi connectivity index (χ1n) is 9.40. The molecule has 0 aliphatic carbocycles. The van der Waals surface area contributed by atoms with Gasteiger partial charge in [0.1, 0.15) is 29.3 Å². The van der Waals surface area contributed by atoms with E-state index in [0.29, 0.717) is 11.4 Å². The number of nitrogen functional groups attached to an aromatic ring is 2. The minimum atomic E-state index is -0.511. The van der Waals surface area contributed by atoms with E-state index in [1.165, 1.54) is 18.4 Å². The predicted molar refractivity (Wildman–Crippen MR) is 110 cm³/mol. The van der Waals surface area contributed by atoms with Crippen molar-refractivity contribution in [2.75, 3.05) is 29.9 Å². The highest BCUT2D eigenvalue weighted by Crippen LogP contribution is 2.40. The molecule has 1 aromatic carbocycles. The number of anilines is 3. The molecule has 1 atom stereocenters. The number of guanidine groups is 1. The molecule has 2 aliphatic heterocycles. The molecule has 2 aromatic rings. The quantitative estimate of drug-likeness (QED) is 0.458. The number of nitriles is 2.